The third-order valence-corrected chi connectivity index (χ3v) is 3.96. The largest absolute Gasteiger partial charge is 0.329 e. The minimum Gasteiger partial charge on any atom is -0.329 e. The second-order valence-corrected chi connectivity index (χ2v) is 5.05. The summed E-state index contributed by atoms with van der Waals surface area (Å²) in [6, 6.07) is 2.10. The second-order valence-electron chi connectivity index (χ2n) is 3.74. The Bertz CT molecular complexity index is 696. The lowest BCUT2D eigenvalue weighted by atomic mass is 10.3. The van der Waals surface area contributed by atoms with E-state index in [2.05, 4.69) is 26.4 Å². The number of aromatic nitrogens is 4. The fourth-order valence-electron chi connectivity index (χ4n) is 1.91. The molecular formula is C11H10N4S2. The lowest BCUT2D eigenvalue weighted by Gasteiger charge is -2.11. The molecule has 86 valence electrons. The molecule has 3 rings (SSSR count). The third-order valence-electron chi connectivity index (χ3n) is 2.71. The molecule has 1 unspecified atom stereocenters. The van der Waals surface area contributed by atoms with Crippen molar-refractivity contribution < 1.29 is 0 Å². The van der Waals surface area contributed by atoms with Gasteiger partial charge < -0.3 is 9.55 Å². The fourth-order valence-corrected chi connectivity index (χ4v) is 2.97. The van der Waals surface area contributed by atoms with E-state index < -0.39 is 0 Å². The summed E-state index contributed by atoms with van der Waals surface area (Å²) >= 11 is 7.00. The highest BCUT2D eigenvalue weighted by atomic mass is 32.1. The normalized spacial score (nSPS) is 13.0. The number of nitrogens with zero attached hydrogens (tertiary/aromatic N) is 3. The van der Waals surface area contributed by atoms with E-state index in [9.17, 15) is 0 Å². The molecule has 1 N–H and O–H groups in total. The first-order valence-corrected chi connectivity index (χ1v) is 6.50. The predicted octanol–water partition coefficient (Wildman–Crippen LogP) is 3.16. The first-order valence-electron chi connectivity index (χ1n) is 5.21. The highest BCUT2D eigenvalue weighted by Gasteiger charge is 2.14. The van der Waals surface area contributed by atoms with Crippen LogP contribution in [0.2, 0.25) is 0 Å². The topological polar surface area (TPSA) is 46.5 Å². The van der Waals surface area contributed by atoms with Gasteiger partial charge in [-0.2, -0.15) is 0 Å². The SMILES string of the molecule is CC(c1nccs1)n1c(=S)[nH]c2cnccc21. The molecule has 0 radical (unpaired) electrons. The fraction of sp³-hybridized carbons (Fsp3) is 0.182. The summed E-state index contributed by atoms with van der Waals surface area (Å²) in [4.78, 5) is 11.6. The number of nitrogens with one attached hydrogen (secondary N) is 1. The molecule has 3 aromatic heterocycles. The molecular weight excluding hydrogens is 252 g/mol. The first kappa shape index (κ1) is 10.6. The van der Waals surface area contributed by atoms with Crippen LogP contribution in [0.15, 0.2) is 30.0 Å². The molecule has 3 aromatic rings. The van der Waals surface area contributed by atoms with Gasteiger partial charge in [0.2, 0.25) is 0 Å². The summed E-state index contributed by atoms with van der Waals surface area (Å²) in [5.41, 5.74) is 2.02. The van der Waals surface area contributed by atoms with E-state index in [0.29, 0.717) is 4.77 Å². The summed E-state index contributed by atoms with van der Waals surface area (Å²) in [6.45, 7) is 2.10. The van der Waals surface area contributed by atoms with Gasteiger partial charge in [0, 0.05) is 17.8 Å². The molecule has 1 atom stereocenters. The molecule has 0 bridgehead atoms. The van der Waals surface area contributed by atoms with Gasteiger partial charge in [0.1, 0.15) is 5.01 Å². The molecule has 4 nitrogen and oxygen atoms in total. The predicted molar refractivity (Wildman–Crippen MR) is 70.8 cm³/mol. The van der Waals surface area contributed by atoms with Crippen LogP contribution >= 0.6 is 23.6 Å². The zero-order chi connectivity index (χ0) is 11.8. The van der Waals surface area contributed by atoms with Crippen molar-refractivity contribution in [3.8, 4) is 0 Å². The van der Waals surface area contributed by atoms with E-state index in [1.54, 1.807) is 23.7 Å². The number of H-pyrrole nitrogens is 1. The molecule has 0 amide bonds. The molecule has 17 heavy (non-hydrogen) atoms. The lowest BCUT2D eigenvalue weighted by Crippen LogP contribution is -2.06. The third kappa shape index (κ3) is 1.69. The molecule has 0 spiro atoms. The van der Waals surface area contributed by atoms with E-state index >= 15 is 0 Å². The van der Waals surface area contributed by atoms with Crippen LogP contribution in [0.25, 0.3) is 11.0 Å². The number of pyridine rings is 1. The summed E-state index contributed by atoms with van der Waals surface area (Å²) in [7, 11) is 0. The number of aromatic amines is 1. The number of hydrogen-bond acceptors (Lipinski definition) is 4. The number of rotatable bonds is 2. The number of imidazole rings is 1. The number of thiazole rings is 1. The van der Waals surface area contributed by atoms with Crippen LogP contribution in [0.5, 0.6) is 0 Å². The van der Waals surface area contributed by atoms with Crippen molar-refractivity contribution in [2.75, 3.05) is 0 Å². The van der Waals surface area contributed by atoms with Gasteiger partial charge in [-0.25, -0.2) is 4.98 Å². The molecule has 0 saturated heterocycles. The van der Waals surface area contributed by atoms with Gasteiger partial charge >= 0.3 is 0 Å². The van der Waals surface area contributed by atoms with Crippen LogP contribution < -0.4 is 0 Å². The molecule has 0 aromatic carbocycles. The monoisotopic (exact) mass is 262 g/mol. The van der Waals surface area contributed by atoms with Crippen LogP contribution in [-0.4, -0.2) is 19.5 Å². The Balaban J connectivity index is 2.23. The minimum absolute atomic E-state index is 0.138. The highest BCUT2D eigenvalue weighted by Crippen LogP contribution is 2.24. The Morgan fingerprint density at radius 3 is 3.12 bits per heavy atom. The van der Waals surface area contributed by atoms with E-state index in [1.165, 1.54) is 0 Å². The van der Waals surface area contributed by atoms with E-state index in [1.807, 2.05) is 17.6 Å². The smallest absolute Gasteiger partial charge is 0.178 e. The molecule has 3 heterocycles. The van der Waals surface area contributed by atoms with E-state index in [0.717, 1.165) is 16.0 Å². The van der Waals surface area contributed by atoms with E-state index in [-0.39, 0.29) is 6.04 Å². The molecule has 0 fully saturated rings. The quantitative estimate of drug-likeness (QED) is 0.722. The van der Waals surface area contributed by atoms with Gasteiger partial charge in [0.25, 0.3) is 0 Å². The van der Waals surface area contributed by atoms with Gasteiger partial charge in [-0.3, -0.25) is 4.98 Å². The summed E-state index contributed by atoms with van der Waals surface area (Å²) in [6.07, 6.45) is 5.38. The van der Waals surface area contributed by atoms with Gasteiger partial charge in [-0.1, -0.05) is 0 Å². The van der Waals surface area contributed by atoms with Gasteiger partial charge in [0.05, 0.1) is 23.3 Å². The maximum atomic E-state index is 5.36. The van der Waals surface area contributed by atoms with Crippen molar-refractivity contribution >= 4 is 34.6 Å². The highest BCUT2D eigenvalue weighted by molar-refractivity contribution is 7.71. The Morgan fingerprint density at radius 2 is 2.35 bits per heavy atom. The zero-order valence-corrected chi connectivity index (χ0v) is 10.8. The van der Waals surface area contributed by atoms with Crippen LogP contribution in [0, 0.1) is 4.77 Å². The van der Waals surface area contributed by atoms with Gasteiger partial charge in [-0.15, -0.1) is 11.3 Å². The molecule has 0 aliphatic carbocycles. The summed E-state index contributed by atoms with van der Waals surface area (Å²) in [5, 5.41) is 3.03. The Hall–Kier alpha value is -1.53. The maximum Gasteiger partial charge on any atom is 0.178 e. The maximum absolute atomic E-state index is 5.36. The Kier molecular flexibility index (Phi) is 2.53. The van der Waals surface area contributed by atoms with Crippen molar-refractivity contribution in [2.24, 2.45) is 0 Å². The lowest BCUT2D eigenvalue weighted by molar-refractivity contribution is 0.644. The standard InChI is InChI=1S/C11H10N4S2/c1-7(10-13-4-5-17-10)15-9-2-3-12-6-8(9)14-11(15)16/h2-7H,1H3,(H,14,16). The van der Waals surface area contributed by atoms with Crippen molar-refractivity contribution in [1.82, 2.24) is 19.5 Å². The first-order chi connectivity index (χ1) is 8.27. The van der Waals surface area contributed by atoms with Crippen molar-refractivity contribution in [1.29, 1.82) is 0 Å². The average molecular weight is 262 g/mol. The summed E-state index contributed by atoms with van der Waals surface area (Å²) < 4.78 is 2.78. The van der Waals surface area contributed by atoms with Gasteiger partial charge in [-0.05, 0) is 25.2 Å². The van der Waals surface area contributed by atoms with Crippen LogP contribution in [-0.2, 0) is 0 Å². The summed E-state index contributed by atoms with van der Waals surface area (Å²) in [5.74, 6) is 0. The van der Waals surface area contributed by atoms with E-state index in [4.69, 9.17) is 12.2 Å². The van der Waals surface area contributed by atoms with Gasteiger partial charge in [0.15, 0.2) is 4.77 Å². The average Bonchev–Trinajstić information content (AvgIpc) is 2.94. The van der Waals surface area contributed by atoms with Crippen LogP contribution in [0.3, 0.4) is 0 Å². The Morgan fingerprint density at radius 1 is 1.47 bits per heavy atom. The zero-order valence-electron chi connectivity index (χ0n) is 9.12. The number of fused-ring (bicyclic) bond motifs is 1. The minimum atomic E-state index is 0.138. The van der Waals surface area contributed by atoms with Crippen LogP contribution in [0.4, 0.5) is 0 Å². The number of hydrogen-bond donors (Lipinski definition) is 1. The van der Waals surface area contributed by atoms with Crippen molar-refractivity contribution in [2.45, 2.75) is 13.0 Å². The molecule has 0 saturated carbocycles. The van der Waals surface area contributed by atoms with Crippen molar-refractivity contribution in [3.05, 3.63) is 39.8 Å². The molecule has 0 aliphatic rings. The Labute approximate surface area is 107 Å². The molecule has 6 heteroatoms. The van der Waals surface area contributed by atoms with Crippen LogP contribution in [0.1, 0.15) is 18.0 Å². The second kappa shape index (κ2) is 4.05. The van der Waals surface area contributed by atoms with Crippen molar-refractivity contribution in [3.63, 3.8) is 0 Å². The molecule has 0 aliphatic heterocycles.